The molecule has 146 valence electrons. The molecule has 0 unspecified atom stereocenters. The zero-order valence-electron chi connectivity index (χ0n) is 14.4. The van der Waals surface area contributed by atoms with Crippen LogP contribution in [-0.2, 0) is 10.9 Å². The molecule has 11 heteroatoms. The maximum Gasteiger partial charge on any atom is 0.434 e. The Balaban J connectivity index is 1.90. The lowest BCUT2D eigenvalue weighted by molar-refractivity contribution is -0.140. The largest absolute Gasteiger partial charge is 0.462 e. The fourth-order valence-electron chi connectivity index (χ4n) is 2.32. The van der Waals surface area contributed by atoms with Crippen LogP contribution in [-0.4, -0.2) is 27.5 Å². The van der Waals surface area contributed by atoms with Gasteiger partial charge in [0.15, 0.2) is 10.8 Å². The lowest BCUT2D eigenvalue weighted by atomic mass is 10.2. The van der Waals surface area contributed by atoms with Gasteiger partial charge in [0.25, 0.3) is 0 Å². The Labute approximate surface area is 161 Å². The van der Waals surface area contributed by atoms with E-state index in [0.717, 1.165) is 0 Å². The first-order valence-electron chi connectivity index (χ1n) is 7.99. The molecule has 3 N–H and O–H groups in total. The highest BCUT2D eigenvalue weighted by Crippen LogP contribution is 2.40. The van der Waals surface area contributed by atoms with Crippen LogP contribution in [0.2, 0.25) is 0 Å². The Hall–Kier alpha value is -3.21. The van der Waals surface area contributed by atoms with Crippen LogP contribution in [0.15, 0.2) is 36.5 Å². The number of aromatic nitrogens is 3. The fourth-order valence-corrected chi connectivity index (χ4v) is 3.14. The third kappa shape index (κ3) is 4.36. The Morgan fingerprint density at radius 3 is 2.79 bits per heavy atom. The summed E-state index contributed by atoms with van der Waals surface area (Å²) in [7, 11) is 0. The first kappa shape index (κ1) is 19.5. The van der Waals surface area contributed by atoms with Gasteiger partial charge in [0.05, 0.1) is 22.7 Å². The molecule has 0 radical (unpaired) electrons. The number of esters is 1. The molecule has 0 fully saturated rings. The number of hydrogen-bond donors (Lipinski definition) is 2. The molecule has 0 aliphatic heterocycles. The summed E-state index contributed by atoms with van der Waals surface area (Å²) in [5.41, 5.74) is 5.18. The molecule has 0 atom stereocenters. The number of carbonyl (C=O) groups excluding carboxylic acids is 1. The minimum absolute atomic E-state index is 0.0283. The quantitative estimate of drug-likeness (QED) is 0.611. The van der Waals surface area contributed by atoms with Crippen molar-refractivity contribution in [3.05, 3.63) is 47.8 Å². The number of nitrogens with zero attached hydrogens (tertiary/aromatic N) is 3. The van der Waals surface area contributed by atoms with E-state index in [1.807, 2.05) is 0 Å². The van der Waals surface area contributed by atoms with Crippen molar-refractivity contribution in [1.29, 1.82) is 0 Å². The molecule has 3 rings (SSSR count). The van der Waals surface area contributed by atoms with Crippen LogP contribution in [0.25, 0.3) is 10.6 Å². The van der Waals surface area contributed by atoms with Gasteiger partial charge in [-0.25, -0.2) is 19.7 Å². The summed E-state index contributed by atoms with van der Waals surface area (Å²) >= 11 is 0.689. The lowest BCUT2D eigenvalue weighted by Crippen LogP contribution is -2.08. The number of anilines is 3. The highest BCUT2D eigenvalue weighted by Gasteiger charge is 2.38. The SMILES string of the molecule is CCOC(=O)c1cccc(Nc2nccc(-c3sc(N)nc3C(F)(F)F)n2)c1. The van der Waals surface area contributed by atoms with Gasteiger partial charge in [-0.05, 0) is 31.2 Å². The maximum absolute atomic E-state index is 13.2. The van der Waals surface area contributed by atoms with Crippen LogP contribution < -0.4 is 11.1 Å². The molecule has 0 aliphatic rings. The van der Waals surface area contributed by atoms with Crippen LogP contribution in [0.4, 0.5) is 29.9 Å². The first-order chi connectivity index (χ1) is 13.3. The van der Waals surface area contributed by atoms with Gasteiger partial charge < -0.3 is 15.8 Å². The van der Waals surface area contributed by atoms with Crippen LogP contribution in [0, 0.1) is 0 Å². The second-order valence-electron chi connectivity index (χ2n) is 5.42. The van der Waals surface area contributed by atoms with Gasteiger partial charge in [0.1, 0.15) is 0 Å². The summed E-state index contributed by atoms with van der Waals surface area (Å²) in [6, 6.07) is 7.73. The normalized spacial score (nSPS) is 11.3. The van der Waals surface area contributed by atoms with E-state index in [1.165, 1.54) is 18.3 Å². The summed E-state index contributed by atoms with van der Waals surface area (Å²) in [4.78, 5) is 23.1. The van der Waals surface area contributed by atoms with Gasteiger partial charge in [-0.3, -0.25) is 0 Å². The molecule has 0 saturated carbocycles. The van der Waals surface area contributed by atoms with Crippen LogP contribution in [0.3, 0.4) is 0 Å². The van der Waals surface area contributed by atoms with Crippen molar-refractivity contribution in [1.82, 2.24) is 15.0 Å². The number of hydrogen-bond acceptors (Lipinski definition) is 8. The Kier molecular flexibility index (Phi) is 5.45. The van der Waals surface area contributed by atoms with Gasteiger partial charge >= 0.3 is 12.1 Å². The molecule has 0 aliphatic carbocycles. The number of benzene rings is 1. The van der Waals surface area contributed by atoms with Crippen molar-refractivity contribution in [2.75, 3.05) is 17.7 Å². The molecule has 7 nitrogen and oxygen atoms in total. The molecule has 0 amide bonds. The Morgan fingerprint density at radius 1 is 1.29 bits per heavy atom. The number of halogens is 3. The third-order valence-electron chi connectivity index (χ3n) is 3.43. The maximum atomic E-state index is 13.2. The Morgan fingerprint density at radius 2 is 2.07 bits per heavy atom. The average Bonchev–Trinajstić information content (AvgIpc) is 3.05. The van der Waals surface area contributed by atoms with Crippen molar-refractivity contribution in [3.8, 4) is 10.6 Å². The minimum atomic E-state index is -4.66. The number of alkyl halides is 3. The second kappa shape index (κ2) is 7.80. The smallest absolute Gasteiger partial charge is 0.434 e. The standard InChI is InChI=1S/C17H14F3N5O2S/c1-2-27-14(26)9-4-3-5-10(8-9)23-16-22-7-6-11(24-16)12-13(17(18,19)20)25-15(21)28-12/h3-8H,2H2,1H3,(H2,21,25)(H,22,23,24). The van der Waals surface area contributed by atoms with Gasteiger partial charge in [0.2, 0.25) is 5.95 Å². The molecule has 1 aromatic carbocycles. The van der Waals surface area contributed by atoms with Crippen molar-refractivity contribution < 1.29 is 22.7 Å². The van der Waals surface area contributed by atoms with Crippen LogP contribution in [0.1, 0.15) is 23.0 Å². The van der Waals surface area contributed by atoms with E-state index in [9.17, 15) is 18.0 Å². The van der Waals surface area contributed by atoms with Crippen LogP contribution in [0.5, 0.6) is 0 Å². The van der Waals surface area contributed by atoms with Gasteiger partial charge in [-0.1, -0.05) is 17.4 Å². The highest BCUT2D eigenvalue weighted by molar-refractivity contribution is 7.18. The van der Waals surface area contributed by atoms with Gasteiger partial charge in [0, 0.05) is 11.9 Å². The Bertz CT molecular complexity index is 1010. The number of nitrogens with two attached hydrogens (primary N) is 1. The number of ether oxygens (including phenoxy) is 1. The third-order valence-corrected chi connectivity index (χ3v) is 4.34. The van der Waals surface area contributed by atoms with E-state index in [4.69, 9.17) is 10.5 Å². The van der Waals surface area contributed by atoms with Gasteiger partial charge in [-0.2, -0.15) is 13.2 Å². The van der Waals surface area contributed by atoms with E-state index in [1.54, 1.807) is 25.1 Å². The summed E-state index contributed by atoms with van der Waals surface area (Å²) < 4.78 is 44.4. The number of nitrogens with one attached hydrogen (secondary N) is 1. The topological polar surface area (TPSA) is 103 Å². The number of rotatable bonds is 5. The molecule has 0 bridgehead atoms. The molecule has 0 spiro atoms. The summed E-state index contributed by atoms with van der Waals surface area (Å²) in [5, 5.41) is 2.65. The predicted octanol–water partition coefficient (Wildman–Crippen LogP) is 4.12. The molecule has 2 aromatic heterocycles. The van der Waals surface area contributed by atoms with Crippen molar-refractivity contribution in [3.63, 3.8) is 0 Å². The highest BCUT2D eigenvalue weighted by atomic mass is 32.1. The zero-order valence-corrected chi connectivity index (χ0v) is 15.3. The lowest BCUT2D eigenvalue weighted by Gasteiger charge is -2.09. The van der Waals surface area contributed by atoms with Crippen molar-refractivity contribution in [2.24, 2.45) is 0 Å². The molecular weight excluding hydrogens is 395 g/mol. The molecule has 28 heavy (non-hydrogen) atoms. The van der Waals surface area contributed by atoms with Crippen LogP contribution >= 0.6 is 11.3 Å². The first-order valence-corrected chi connectivity index (χ1v) is 8.80. The van der Waals surface area contributed by atoms with E-state index < -0.39 is 17.8 Å². The van der Waals surface area contributed by atoms with Crippen molar-refractivity contribution in [2.45, 2.75) is 13.1 Å². The summed E-state index contributed by atoms with van der Waals surface area (Å²) in [6.45, 7) is 1.93. The average molecular weight is 409 g/mol. The fraction of sp³-hybridized carbons (Fsp3) is 0.176. The number of carbonyl (C=O) groups is 1. The second-order valence-corrected chi connectivity index (χ2v) is 6.45. The predicted molar refractivity (Wildman–Crippen MR) is 98.2 cm³/mol. The van der Waals surface area contributed by atoms with Crippen molar-refractivity contribution >= 4 is 34.1 Å². The van der Waals surface area contributed by atoms with E-state index in [2.05, 4.69) is 20.3 Å². The minimum Gasteiger partial charge on any atom is -0.462 e. The zero-order chi connectivity index (χ0) is 20.3. The molecule has 0 saturated heterocycles. The molecule has 3 aromatic rings. The number of nitrogen functional groups attached to an aromatic ring is 1. The monoisotopic (exact) mass is 409 g/mol. The van der Waals surface area contributed by atoms with Gasteiger partial charge in [-0.15, -0.1) is 0 Å². The van der Waals surface area contributed by atoms with E-state index in [0.29, 0.717) is 22.6 Å². The number of thiazole rings is 1. The summed E-state index contributed by atoms with van der Waals surface area (Å²) in [5.74, 6) is -0.436. The van der Waals surface area contributed by atoms with E-state index >= 15 is 0 Å². The summed E-state index contributed by atoms with van der Waals surface area (Å²) in [6.07, 6.45) is -3.34. The molecular formula is C17H14F3N5O2S. The molecule has 2 heterocycles. The van der Waals surface area contributed by atoms with E-state index in [-0.39, 0.29) is 28.3 Å².